The van der Waals surface area contributed by atoms with Crippen molar-refractivity contribution < 1.29 is 54.4 Å². The third-order valence-corrected chi connectivity index (χ3v) is 12.4. The van der Waals surface area contributed by atoms with E-state index in [1.807, 2.05) is 36.7 Å². The van der Waals surface area contributed by atoms with Crippen molar-refractivity contribution in [3.05, 3.63) is 146 Å². The first-order chi connectivity index (χ1) is 27.4. The smallest absolute Gasteiger partial charge is 0.303 e. The quantitative estimate of drug-likeness (QED) is 0.124. The third kappa shape index (κ3) is 6.42. The molecular formula is C42H38F7N4O5P. The minimum Gasteiger partial charge on any atom is -0.303 e. The Kier molecular flexibility index (Phi) is 9.23. The molecule has 310 valence electrons. The summed E-state index contributed by atoms with van der Waals surface area (Å²) in [5, 5.41) is 5.16. The first-order valence-corrected chi connectivity index (χ1v) is 20.2. The van der Waals surface area contributed by atoms with Gasteiger partial charge in [0.15, 0.2) is 5.67 Å². The van der Waals surface area contributed by atoms with Crippen LogP contribution in [0.4, 0.5) is 30.7 Å². The molecule has 2 aromatic heterocycles. The molecule has 2 unspecified atom stereocenters. The van der Waals surface area contributed by atoms with Crippen molar-refractivity contribution in [1.82, 2.24) is 19.2 Å². The number of allylic oxidation sites excluding steroid dienone is 2. The van der Waals surface area contributed by atoms with Crippen molar-refractivity contribution >= 4 is 19.3 Å². The van der Waals surface area contributed by atoms with Crippen LogP contribution < -0.4 is 0 Å². The molecule has 0 spiro atoms. The van der Waals surface area contributed by atoms with Crippen LogP contribution in [0.5, 0.6) is 0 Å². The Morgan fingerprint density at radius 3 is 2.25 bits per heavy atom. The van der Waals surface area contributed by atoms with Gasteiger partial charge in [0.2, 0.25) is 0 Å². The summed E-state index contributed by atoms with van der Waals surface area (Å²) in [6.07, 6.45) is -6.57. The number of nitrogens with zero attached hydrogens (tertiary/aromatic N) is 4. The maximum atomic E-state index is 17.5. The standard InChI is InChI=1S/C42H38F7N4O5P/c1-6-23-11-9-13-28-32-19-39(4,43)36-30(16-17-52(36)37(54)27-12-8-7-10-25(27)22-58-59(55,56)57)40(32,5)35-29-21-51(38(2,3)34(29)50-53(35)33(23)28)20-24-14-15-26(41(44,45)46)18-31(24)42(47,48)49/h7-19H,6,20-22H2,1-5H3,(H2,55,56,57). The number of rotatable bonds is 7. The third-order valence-electron chi connectivity index (χ3n) is 12.0. The van der Waals surface area contributed by atoms with Crippen LogP contribution in [0.3, 0.4) is 0 Å². The van der Waals surface area contributed by atoms with Crippen molar-refractivity contribution in [3.8, 4) is 5.69 Å². The first-order valence-electron chi connectivity index (χ1n) is 18.6. The molecule has 3 aliphatic rings. The number of phosphoric acid groups is 1. The first kappa shape index (κ1) is 40.9. The van der Waals surface area contributed by atoms with Gasteiger partial charge in [-0.05, 0) is 92.3 Å². The molecule has 4 heterocycles. The summed E-state index contributed by atoms with van der Waals surface area (Å²) < 4.78 is 120. The lowest BCUT2D eigenvalue weighted by molar-refractivity contribution is -0.143. The Morgan fingerprint density at radius 1 is 0.898 bits per heavy atom. The van der Waals surface area contributed by atoms with Gasteiger partial charge in [0.1, 0.15) is 0 Å². The molecule has 8 rings (SSSR count). The fourth-order valence-corrected chi connectivity index (χ4v) is 9.44. The van der Waals surface area contributed by atoms with Gasteiger partial charge in [0.05, 0.1) is 51.5 Å². The second kappa shape index (κ2) is 13.3. The summed E-state index contributed by atoms with van der Waals surface area (Å²) in [7, 11) is -4.91. The zero-order valence-electron chi connectivity index (χ0n) is 32.3. The van der Waals surface area contributed by atoms with Crippen molar-refractivity contribution in [2.45, 2.75) is 89.7 Å². The van der Waals surface area contributed by atoms with Crippen LogP contribution in [0, 0.1) is 0 Å². The lowest BCUT2D eigenvalue weighted by Crippen LogP contribution is -2.42. The molecule has 2 atom stereocenters. The SMILES string of the molecule is CCc1cccc2c1-n1nc3c(c1C1(C)C2=CC(C)(F)c2c1ccn2C(=O)c1ccccc1COP(=O)(O)O)CN(Cc1ccc(C(F)(F)F)cc1C(F)(F)F)C3(C)C. The number of aromatic nitrogens is 3. The molecular weight excluding hydrogens is 804 g/mol. The Balaban J connectivity index is 1.30. The number of para-hydroxylation sites is 1. The van der Waals surface area contributed by atoms with Gasteiger partial charge in [-0.3, -0.25) is 18.8 Å². The normalized spacial score (nSPS) is 21.0. The molecule has 5 aromatic rings. The highest BCUT2D eigenvalue weighted by Crippen LogP contribution is 2.60. The summed E-state index contributed by atoms with van der Waals surface area (Å²) in [6, 6.07) is 15.0. The molecule has 17 heteroatoms. The van der Waals surface area contributed by atoms with Gasteiger partial charge in [-0.1, -0.05) is 49.4 Å². The van der Waals surface area contributed by atoms with E-state index >= 15 is 4.39 Å². The molecule has 0 saturated heterocycles. The zero-order valence-corrected chi connectivity index (χ0v) is 33.2. The van der Waals surface area contributed by atoms with E-state index in [1.54, 1.807) is 36.9 Å². The topological polar surface area (TPSA) is 110 Å². The molecule has 3 aromatic carbocycles. The lowest BCUT2D eigenvalue weighted by Gasteiger charge is -2.45. The number of hydrogen-bond donors (Lipinski definition) is 2. The van der Waals surface area contributed by atoms with Crippen molar-refractivity contribution in [1.29, 1.82) is 0 Å². The summed E-state index contributed by atoms with van der Waals surface area (Å²) in [5.41, 5.74) is -2.43. The minimum atomic E-state index is -5.07. The predicted octanol–water partition coefficient (Wildman–Crippen LogP) is 9.72. The number of halogens is 7. The van der Waals surface area contributed by atoms with E-state index < -0.39 is 60.4 Å². The van der Waals surface area contributed by atoms with Gasteiger partial charge in [-0.25, -0.2) is 13.6 Å². The van der Waals surface area contributed by atoms with Crippen LogP contribution in [0.1, 0.15) is 107 Å². The molecule has 0 amide bonds. The maximum Gasteiger partial charge on any atom is 0.469 e. The van der Waals surface area contributed by atoms with Gasteiger partial charge in [-0.2, -0.15) is 31.4 Å². The number of phosphoric ester groups is 1. The average molecular weight is 843 g/mol. The van der Waals surface area contributed by atoms with Crippen LogP contribution in [-0.4, -0.2) is 34.9 Å². The Bertz CT molecular complexity index is 2650. The molecule has 59 heavy (non-hydrogen) atoms. The van der Waals surface area contributed by atoms with Crippen LogP contribution in [0.25, 0.3) is 11.3 Å². The molecule has 0 bridgehead atoms. The van der Waals surface area contributed by atoms with E-state index in [4.69, 9.17) is 9.62 Å². The van der Waals surface area contributed by atoms with E-state index in [-0.39, 0.29) is 41.5 Å². The summed E-state index contributed by atoms with van der Waals surface area (Å²) in [5.74, 6) is -0.687. The van der Waals surface area contributed by atoms with Gasteiger partial charge < -0.3 is 9.79 Å². The number of carbonyl (C=O) groups excluding carboxylic acids is 1. The maximum absolute atomic E-state index is 17.5. The lowest BCUT2D eigenvalue weighted by atomic mass is 9.62. The average Bonchev–Trinajstić information content (AvgIpc) is 3.84. The Morgan fingerprint density at radius 2 is 1.59 bits per heavy atom. The Hall–Kier alpha value is -4.86. The number of benzene rings is 3. The molecule has 2 aliphatic heterocycles. The van der Waals surface area contributed by atoms with Crippen LogP contribution >= 0.6 is 7.82 Å². The predicted molar refractivity (Wildman–Crippen MR) is 202 cm³/mol. The van der Waals surface area contributed by atoms with Gasteiger partial charge in [-0.15, -0.1) is 0 Å². The largest absolute Gasteiger partial charge is 0.469 e. The van der Waals surface area contributed by atoms with Gasteiger partial charge in [0, 0.05) is 36.0 Å². The van der Waals surface area contributed by atoms with Crippen LogP contribution in [0.15, 0.2) is 79.0 Å². The van der Waals surface area contributed by atoms with E-state index in [0.717, 1.165) is 11.6 Å². The number of alkyl halides is 7. The molecule has 0 fully saturated rings. The molecule has 1 aliphatic carbocycles. The second-order valence-electron chi connectivity index (χ2n) is 16.0. The van der Waals surface area contributed by atoms with E-state index in [2.05, 4.69) is 0 Å². The van der Waals surface area contributed by atoms with E-state index in [0.29, 0.717) is 51.8 Å². The van der Waals surface area contributed by atoms with Crippen molar-refractivity contribution in [2.24, 2.45) is 0 Å². The number of hydrogen-bond acceptors (Lipinski definition) is 5. The summed E-state index contributed by atoms with van der Waals surface area (Å²) in [6.45, 7) is 7.82. The van der Waals surface area contributed by atoms with Crippen molar-refractivity contribution in [3.63, 3.8) is 0 Å². The second-order valence-corrected chi connectivity index (χ2v) is 17.2. The number of carbonyl (C=O) groups is 1. The highest BCUT2D eigenvalue weighted by Gasteiger charge is 2.56. The van der Waals surface area contributed by atoms with E-state index in [9.17, 15) is 45.5 Å². The molecule has 0 saturated carbocycles. The Labute approximate surface area is 334 Å². The highest BCUT2D eigenvalue weighted by atomic mass is 31.2. The number of aryl methyl sites for hydroxylation is 1. The van der Waals surface area contributed by atoms with Gasteiger partial charge >= 0.3 is 20.2 Å². The molecule has 2 N–H and O–H groups in total. The highest BCUT2D eigenvalue weighted by molar-refractivity contribution is 7.46. The van der Waals surface area contributed by atoms with E-state index in [1.165, 1.54) is 35.9 Å². The fourth-order valence-electron chi connectivity index (χ4n) is 9.14. The van der Waals surface area contributed by atoms with Gasteiger partial charge in [0.25, 0.3) is 5.91 Å². The van der Waals surface area contributed by atoms with Crippen LogP contribution in [-0.2, 0) is 64.2 Å². The minimum absolute atomic E-state index is 0.00950. The van der Waals surface area contributed by atoms with Crippen molar-refractivity contribution in [2.75, 3.05) is 0 Å². The zero-order chi connectivity index (χ0) is 42.8. The molecule has 9 nitrogen and oxygen atoms in total. The number of fused-ring (bicyclic) bond motifs is 10. The summed E-state index contributed by atoms with van der Waals surface area (Å²) in [4.78, 5) is 34.8. The summed E-state index contributed by atoms with van der Waals surface area (Å²) >= 11 is 0. The molecule has 0 radical (unpaired) electrons. The monoisotopic (exact) mass is 842 g/mol. The fraction of sp³-hybridized carbons (Fsp3) is 0.333. The van der Waals surface area contributed by atoms with Crippen LogP contribution in [0.2, 0.25) is 0 Å².